The third-order valence-corrected chi connectivity index (χ3v) is 5.57. The van der Waals surface area contributed by atoms with Crippen molar-refractivity contribution in [2.75, 3.05) is 4.90 Å². The third-order valence-electron chi connectivity index (χ3n) is 4.36. The van der Waals surface area contributed by atoms with Gasteiger partial charge in [-0.05, 0) is 24.1 Å². The van der Waals surface area contributed by atoms with Crippen molar-refractivity contribution in [3.8, 4) is 0 Å². The maximum Gasteiger partial charge on any atom is 0.307 e. The molecule has 0 aromatic heterocycles. The SMILES string of the molecule is CC(=O)OC1=C(c2ccccc2)Sc2ccccc2N2C(=O)CCC12. The molecule has 2 aliphatic rings. The van der Waals surface area contributed by atoms with Crippen molar-refractivity contribution >= 4 is 34.2 Å². The first-order valence-corrected chi connectivity index (χ1v) is 9.04. The van der Waals surface area contributed by atoms with Crippen LogP contribution in [0.2, 0.25) is 0 Å². The molecule has 1 saturated heterocycles. The Morgan fingerprint density at radius 3 is 2.60 bits per heavy atom. The number of para-hydroxylation sites is 1. The van der Waals surface area contributed by atoms with Gasteiger partial charge in [0.15, 0.2) is 0 Å². The quantitative estimate of drug-likeness (QED) is 0.760. The number of fused-ring (bicyclic) bond motifs is 3. The summed E-state index contributed by atoms with van der Waals surface area (Å²) in [5.41, 5.74) is 1.87. The Morgan fingerprint density at radius 2 is 1.84 bits per heavy atom. The van der Waals surface area contributed by atoms with Crippen LogP contribution in [-0.2, 0) is 14.3 Å². The molecule has 0 saturated carbocycles. The highest BCUT2D eigenvalue weighted by Gasteiger charge is 2.41. The van der Waals surface area contributed by atoms with Crippen LogP contribution in [0.5, 0.6) is 0 Å². The van der Waals surface area contributed by atoms with Crippen LogP contribution in [0.4, 0.5) is 5.69 Å². The fourth-order valence-corrected chi connectivity index (χ4v) is 4.52. The lowest BCUT2D eigenvalue weighted by atomic mass is 10.1. The second kappa shape index (κ2) is 6.41. The molecule has 1 fully saturated rings. The van der Waals surface area contributed by atoms with E-state index in [9.17, 15) is 9.59 Å². The van der Waals surface area contributed by atoms with Gasteiger partial charge in [-0.3, -0.25) is 9.59 Å². The molecule has 0 bridgehead atoms. The van der Waals surface area contributed by atoms with E-state index < -0.39 is 0 Å². The lowest BCUT2D eigenvalue weighted by Gasteiger charge is -2.25. The highest BCUT2D eigenvalue weighted by molar-refractivity contribution is 8.08. The molecule has 25 heavy (non-hydrogen) atoms. The zero-order valence-electron chi connectivity index (χ0n) is 13.8. The number of hydrogen-bond donors (Lipinski definition) is 0. The Bertz CT molecular complexity index is 876. The summed E-state index contributed by atoms with van der Waals surface area (Å²) in [6.45, 7) is 1.40. The van der Waals surface area contributed by atoms with Crippen molar-refractivity contribution < 1.29 is 14.3 Å². The van der Waals surface area contributed by atoms with E-state index in [1.807, 2.05) is 54.6 Å². The maximum absolute atomic E-state index is 12.6. The van der Waals surface area contributed by atoms with E-state index >= 15 is 0 Å². The molecule has 4 rings (SSSR count). The van der Waals surface area contributed by atoms with E-state index in [4.69, 9.17) is 4.74 Å². The minimum Gasteiger partial charge on any atom is -0.428 e. The summed E-state index contributed by atoms with van der Waals surface area (Å²) in [5.74, 6) is 0.275. The standard InChI is InChI=1S/C20H17NO3S/c1-13(22)24-19-16-11-12-18(23)21(16)15-9-5-6-10-17(15)25-20(19)14-7-3-2-4-8-14/h2-10,16H,11-12H2,1H3. The number of carbonyl (C=O) groups excluding carboxylic acids is 2. The van der Waals surface area contributed by atoms with Gasteiger partial charge in [0, 0.05) is 18.2 Å². The lowest BCUT2D eigenvalue weighted by molar-refractivity contribution is -0.137. The number of amides is 1. The van der Waals surface area contributed by atoms with Gasteiger partial charge < -0.3 is 9.64 Å². The van der Waals surface area contributed by atoms with Gasteiger partial charge in [0.05, 0.1) is 16.6 Å². The second-order valence-corrected chi connectivity index (χ2v) is 7.09. The summed E-state index contributed by atoms with van der Waals surface area (Å²) >= 11 is 1.55. The van der Waals surface area contributed by atoms with E-state index in [1.165, 1.54) is 6.92 Å². The summed E-state index contributed by atoms with van der Waals surface area (Å²) in [6, 6.07) is 17.5. The molecule has 126 valence electrons. The molecule has 5 heteroatoms. The smallest absolute Gasteiger partial charge is 0.307 e. The van der Waals surface area contributed by atoms with Crippen LogP contribution in [-0.4, -0.2) is 17.9 Å². The van der Waals surface area contributed by atoms with Gasteiger partial charge in [-0.15, -0.1) is 0 Å². The van der Waals surface area contributed by atoms with E-state index in [0.29, 0.717) is 18.6 Å². The highest BCUT2D eigenvalue weighted by Crippen LogP contribution is 2.49. The number of esters is 1. The predicted molar refractivity (Wildman–Crippen MR) is 97.9 cm³/mol. The molecule has 1 unspecified atom stereocenters. The van der Waals surface area contributed by atoms with Crippen LogP contribution in [0.15, 0.2) is 65.3 Å². The predicted octanol–water partition coefficient (Wildman–Crippen LogP) is 4.22. The Morgan fingerprint density at radius 1 is 1.12 bits per heavy atom. The van der Waals surface area contributed by atoms with Crippen LogP contribution < -0.4 is 4.90 Å². The molecule has 2 aromatic rings. The van der Waals surface area contributed by atoms with Gasteiger partial charge in [-0.1, -0.05) is 54.2 Å². The second-order valence-electron chi connectivity index (χ2n) is 6.04. The number of hydrogen-bond acceptors (Lipinski definition) is 4. The Kier molecular flexibility index (Phi) is 4.09. The maximum atomic E-state index is 12.6. The first-order valence-electron chi connectivity index (χ1n) is 8.22. The minimum atomic E-state index is -0.366. The number of rotatable bonds is 2. The van der Waals surface area contributed by atoms with Crippen molar-refractivity contribution in [3.63, 3.8) is 0 Å². The van der Waals surface area contributed by atoms with Gasteiger partial charge in [0.1, 0.15) is 5.76 Å². The Balaban J connectivity index is 1.95. The summed E-state index contributed by atoms with van der Waals surface area (Å²) in [7, 11) is 0. The van der Waals surface area contributed by atoms with Crippen LogP contribution in [0.25, 0.3) is 4.91 Å². The molecule has 2 aromatic carbocycles. The van der Waals surface area contributed by atoms with Gasteiger partial charge in [-0.2, -0.15) is 0 Å². The monoisotopic (exact) mass is 351 g/mol. The van der Waals surface area contributed by atoms with Gasteiger partial charge in [0.25, 0.3) is 0 Å². The molecule has 1 amide bonds. The summed E-state index contributed by atoms with van der Waals surface area (Å²) in [5, 5.41) is 0. The summed E-state index contributed by atoms with van der Waals surface area (Å²) in [4.78, 5) is 28.0. The Labute approximate surface area is 150 Å². The third kappa shape index (κ3) is 2.85. The van der Waals surface area contributed by atoms with Crippen LogP contribution in [0.3, 0.4) is 0 Å². The Hall–Kier alpha value is -2.53. The molecule has 0 radical (unpaired) electrons. The molecule has 2 heterocycles. The number of ether oxygens (including phenoxy) is 1. The molecule has 0 N–H and O–H groups in total. The molecule has 1 atom stereocenters. The van der Waals surface area contributed by atoms with Gasteiger partial charge in [0.2, 0.25) is 5.91 Å². The first kappa shape index (κ1) is 16.0. The van der Waals surface area contributed by atoms with E-state index in [2.05, 4.69) is 0 Å². The van der Waals surface area contributed by atoms with Crippen molar-refractivity contribution in [2.24, 2.45) is 0 Å². The average molecular weight is 351 g/mol. The normalized spacial score (nSPS) is 19.3. The fraction of sp³-hybridized carbons (Fsp3) is 0.200. The van der Waals surface area contributed by atoms with Gasteiger partial charge in [-0.25, -0.2) is 0 Å². The highest BCUT2D eigenvalue weighted by atomic mass is 32.2. The first-order chi connectivity index (χ1) is 12.1. The fourth-order valence-electron chi connectivity index (χ4n) is 3.35. The van der Waals surface area contributed by atoms with E-state index in [-0.39, 0.29) is 17.9 Å². The molecular weight excluding hydrogens is 334 g/mol. The van der Waals surface area contributed by atoms with E-state index in [1.54, 1.807) is 16.7 Å². The molecule has 4 nitrogen and oxygen atoms in total. The number of carbonyl (C=O) groups is 2. The van der Waals surface area contributed by atoms with Crippen molar-refractivity contribution in [1.82, 2.24) is 0 Å². The number of benzene rings is 2. The van der Waals surface area contributed by atoms with Gasteiger partial charge >= 0.3 is 5.97 Å². The number of thioether (sulfide) groups is 1. The number of nitrogens with zero attached hydrogens (tertiary/aromatic N) is 1. The average Bonchev–Trinajstić information content (AvgIpc) is 2.93. The topological polar surface area (TPSA) is 46.6 Å². The van der Waals surface area contributed by atoms with Crippen LogP contribution in [0.1, 0.15) is 25.3 Å². The number of anilines is 1. The van der Waals surface area contributed by atoms with Crippen molar-refractivity contribution in [1.29, 1.82) is 0 Å². The molecular formula is C20H17NO3S. The molecule has 0 spiro atoms. The van der Waals surface area contributed by atoms with Crippen molar-refractivity contribution in [3.05, 3.63) is 65.9 Å². The van der Waals surface area contributed by atoms with E-state index in [0.717, 1.165) is 21.1 Å². The zero-order chi connectivity index (χ0) is 17.4. The van der Waals surface area contributed by atoms with Crippen molar-refractivity contribution in [2.45, 2.75) is 30.7 Å². The van der Waals surface area contributed by atoms with Crippen LogP contribution >= 0.6 is 11.8 Å². The zero-order valence-corrected chi connectivity index (χ0v) is 14.6. The van der Waals surface area contributed by atoms with Crippen LogP contribution in [0, 0.1) is 0 Å². The molecule has 2 aliphatic heterocycles. The lowest BCUT2D eigenvalue weighted by Crippen LogP contribution is -2.35. The molecule has 0 aliphatic carbocycles. The largest absolute Gasteiger partial charge is 0.428 e. The summed E-state index contributed by atoms with van der Waals surface area (Å²) in [6.07, 6.45) is 1.10. The minimum absolute atomic E-state index is 0.0667. The summed E-state index contributed by atoms with van der Waals surface area (Å²) < 4.78 is 5.66.